The summed E-state index contributed by atoms with van der Waals surface area (Å²) in [4.78, 5) is 0. The third-order valence-electron chi connectivity index (χ3n) is 3.07. The fraction of sp³-hybridized carbons (Fsp3) is 1.00. The van der Waals surface area contributed by atoms with Crippen LogP contribution in [0.3, 0.4) is 0 Å². The van der Waals surface area contributed by atoms with E-state index < -0.39 is 0 Å². The summed E-state index contributed by atoms with van der Waals surface area (Å²) in [6.07, 6.45) is 0.0236. The Kier molecular flexibility index (Phi) is 4.98. The van der Waals surface area contributed by atoms with Gasteiger partial charge in [0.25, 0.3) is 0 Å². The van der Waals surface area contributed by atoms with Crippen molar-refractivity contribution in [2.45, 2.75) is 31.6 Å². The van der Waals surface area contributed by atoms with Crippen LogP contribution in [0.2, 0.25) is 0 Å². The maximum Gasteiger partial charge on any atom is 0.112 e. The van der Waals surface area contributed by atoms with E-state index >= 15 is 0 Å². The molecule has 4 atom stereocenters. The zero-order valence-corrected chi connectivity index (χ0v) is 11.9. The molecule has 0 N–H and O–H groups in total. The molecule has 86 valence electrons. The first-order valence-electron chi connectivity index (χ1n) is 5.17. The highest BCUT2D eigenvalue weighted by Gasteiger charge is 2.47. The Morgan fingerprint density at radius 2 is 2.13 bits per heavy atom. The predicted molar refractivity (Wildman–Crippen MR) is 70.2 cm³/mol. The van der Waals surface area contributed by atoms with Gasteiger partial charge in [-0.1, -0.05) is 14.0 Å². The van der Waals surface area contributed by atoms with Crippen LogP contribution in [0.1, 0.15) is 13.8 Å². The molecule has 1 unspecified atom stereocenters. The third-order valence-corrected chi connectivity index (χ3v) is 6.22. The number of hydrogen-bond donors (Lipinski definition) is 0. The van der Waals surface area contributed by atoms with Gasteiger partial charge in [0.1, 0.15) is 7.85 Å². The van der Waals surface area contributed by atoms with Gasteiger partial charge in [-0.05, 0) is 20.3 Å². The van der Waals surface area contributed by atoms with Crippen LogP contribution in [-0.4, -0.2) is 51.7 Å². The quantitative estimate of drug-likeness (QED) is 0.560. The number of methoxy groups -OCH3 is 1. The summed E-state index contributed by atoms with van der Waals surface area (Å²) in [5.41, 5.74) is -0.142. The summed E-state index contributed by atoms with van der Waals surface area (Å²) in [6.45, 7) is 8.82. The Morgan fingerprint density at radius 3 is 2.53 bits per heavy atom. The van der Waals surface area contributed by atoms with Crippen LogP contribution in [0, 0.1) is 5.92 Å². The van der Waals surface area contributed by atoms with Gasteiger partial charge in [-0.25, -0.2) is 0 Å². The molecule has 0 spiro atoms. The molecule has 0 aromatic heterocycles. The third kappa shape index (κ3) is 3.12. The molecule has 2 nitrogen and oxygen atoms in total. The highest BCUT2D eigenvalue weighted by molar-refractivity contribution is 8.55. The van der Waals surface area contributed by atoms with E-state index in [1.165, 1.54) is 0 Å². The normalized spacial score (nSPS) is 41.3. The van der Waals surface area contributed by atoms with Gasteiger partial charge in [0.15, 0.2) is 0 Å². The van der Waals surface area contributed by atoms with Gasteiger partial charge in [-0.3, -0.25) is 0 Å². The van der Waals surface area contributed by atoms with Crippen LogP contribution in [-0.2, 0) is 9.47 Å². The first-order valence-corrected chi connectivity index (χ1v) is 9.00. The summed E-state index contributed by atoms with van der Waals surface area (Å²) in [5.74, 6) is 1.35. The Hall–Kier alpha value is 0.765. The highest BCUT2D eigenvalue weighted by atomic mass is 32.7. The lowest BCUT2D eigenvalue weighted by molar-refractivity contribution is 0.0000745. The Balaban J connectivity index is 2.61. The van der Waals surface area contributed by atoms with Crippen molar-refractivity contribution in [3.8, 4) is 0 Å². The van der Waals surface area contributed by atoms with Crippen molar-refractivity contribution in [3.05, 3.63) is 0 Å². The average Bonchev–Trinajstić information content (AvgIpc) is 2.36. The van der Waals surface area contributed by atoms with Crippen molar-refractivity contribution in [1.29, 1.82) is 0 Å². The second-order valence-corrected chi connectivity index (χ2v) is 9.61. The fourth-order valence-electron chi connectivity index (χ4n) is 1.88. The van der Waals surface area contributed by atoms with Gasteiger partial charge in [-0.15, -0.1) is 11.4 Å². The Labute approximate surface area is 99.8 Å². The number of hydrogen-bond acceptors (Lipinski definition) is 3. The molecule has 0 aliphatic carbocycles. The van der Waals surface area contributed by atoms with Crippen LogP contribution in [0.25, 0.3) is 0 Å². The van der Waals surface area contributed by atoms with E-state index in [1.54, 1.807) is 7.11 Å². The van der Waals surface area contributed by atoms with Crippen LogP contribution >= 0.6 is 18.5 Å². The van der Waals surface area contributed by atoms with Crippen molar-refractivity contribution in [3.63, 3.8) is 0 Å². The minimum Gasteiger partial charge on any atom is -0.379 e. The topological polar surface area (TPSA) is 18.5 Å². The van der Waals surface area contributed by atoms with Gasteiger partial charge < -0.3 is 9.47 Å². The molecule has 1 fully saturated rings. The van der Waals surface area contributed by atoms with Crippen LogP contribution in [0.4, 0.5) is 0 Å². The molecular formula is C10H20BO2PS. The minimum absolute atomic E-state index is 0.0236. The van der Waals surface area contributed by atoms with E-state index in [9.17, 15) is 0 Å². The lowest BCUT2D eigenvalue weighted by Gasteiger charge is -2.29. The van der Waals surface area contributed by atoms with Gasteiger partial charge in [-0.2, -0.15) is 0 Å². The van der Waals surface area contributed by atoms with Crippen LogP contribution in [0.5, 0.6) is 0 Å². The lowest BCUT2D eigenvalue weighted by Crippen LogP contribution is -2.36. The number of ether oxygens (including phenoxy) is 2. The van der Waals surface area contributed by atoms with Gasteiger partial charge in [0, 0.05) is 24.8 Å². The lowest BCUT2D eigenvalue weighted by atomic mass is 9.84. The molecule has 1 saturated heterocycles. The smallest absolute Gasteiger partial charge is 0.112 e. The molecule has 1 rings (SSSR count). The van der Waals surface area contributed by atoms with Gasteiger partial charge >= 0.3 is 0 Å². The monoisotopic (exact) mass is 246 g/mol. The van der Waals surface area contributed by atoms with Crippen molar-refractivity contribution in [1.82, 2.24) is 0 Å². The second-order valence-electron chi connectivity index (χ2n) is 4.47. The van der Waals surface area contributed by atoms with E-state index in [4.69, 9.17) is 17.3 Å². The number of rotatable bonds is 4. The Morgan fingerprint density at radius 1 is 1.53 bits per heavy atom. The molecule has 1 heterocycles. The van der Waals surface area contributed by atoms with E-state index in [0.717, 1.165) is 5.75 Å². The van der Waals surface area contributed by atoms with E-state index in [-0.39, 0.29) is 24.8 Å². The standard InChI is InChI=1S/C10H20BO2PS/c1-7-8(12-3)9(11)13-10(7,2)6-15-14(4)5/h7-9H,6H2,1-5H3/t7?,8-,9+,10+/m0/s1. The summed E-state index contributed by atoms with van der Waals surface area (Å²) in [7, 11) is 7.67. The predicted octanol–water partition coefficient (Wildman–Crippen LogP) is 2.31. The molecule has 0 aromatic carbocycles. The fourth-order valence-corrected chi connectivity index (χ4v) is 4.27. The molecule has 1 aliphatic heterocycles. The Bertz CT molecular complexity index is 218. The zero-order valence-electron chi connectivity index (χ0n) is 10.2. The maximum absolute atomic E-state index is 5.91. The molecule has 0 bridgehead atoms. The SMILES string of the molecule is [B][C@@H]1O[C@](C)(CSP(C)C)C(C)[C@@H]1OC. The summed E-state index contributed by atoms with van der Waals surface area (Å²) >= 11 is 1.97. The van der Waals surface area contributed by atoms with Crippen LogP contribution in [0.15, 0.2) is 0 Å². The average molecular weight is 246 g/mol. The summed E-state index contributed by atoms with van der Waals surface area (Å²) < 4.78 is 11.2. The molecular weight excluding hydrogens is 226 g/mol. The minimum atomic E-state index is -0.282. The van der Waals surface area contributed by atoms with E-state index in [2.05, 4.69) is 27.2 Å². The molecule has 0 aromatic rings. The molecule has 15 heavy (non-hydrogen) atoms. The van der Waals surface area contributed by atoms with Gasteiger partial charge in [0.2, 0.25) is 0 Å². The maximum atomic E-state index is 5.91. The molecule has 1 aliphatic rings. The van der Waals surface area contributed by atoms with E-state index in [0.29, 0.717) is 5.92 Å². The van der Waals surface area contributed by atoms with Crippen molar-refractivity contribution >= 4 is 26.4 Å². The molecule has 2 radical (unpaired) electrons. The molecule has 5 heteroatoms. The van der Waals surface area contributed by atoms with E-state index in [1.807, 2.05) is 11.4 Å². The zero-order chi connectivity index (χ0) is 11.6. The van der Waals surface area contributed by atoms with Gasteiger partial charge in [0.05, 0.1) is 11.7 Å². The van der Waals surface area contributed by atoms with Crippen molar-refractivity contribution in [2.75, 3.05) is 26.2 Å². The molecule has 0 saturated carbocycles. The largest absolute Gasteiger partial charge is 0.379 e. The van der Waals surface area contributed by atoms with Crippen molar-refractivity contribution < 1.29 is 9.47 Å². The summed E-state index contributed by atoms with van der Waals surface area (Å²) in [5, 5.41) is 0. The summed E-state index contributed by atoms with van der Waals surface area (Å²) in [6, 6.07) is -0.282. The first kappa shape index (κ1) is 13.8. The first-order chi connectivity index (χ1) is 6.90. The second kappa shape index (κ2) is 5.40. The highest BCUT2D eigenvalue weighted by Crippen LogP contribution is 2.48. The molecule has 0 amide bonds. The van der Waals surface area contributed by atoms with Crippen LogP contribution < -0.4 is 0 Å². The van der Waals surface area contributed by atoms with Crippen molar-refractivity contribution in [2.24, 2.45) is 5.92 Å².